The normalized spacial score (nSPS) is 15.2. The highest BCUT2D eigenvalue weighted by molar-refractivity contribution is 5.94. The summed E-state index contributed by atoms with van der Waals surface area (Å²) in [5, 5.41) is 8.96. The van der Waals surface area contributed by atoms with Gasteiger partial charge < -0.3 is 14.6 Å². The average molecular weight is 251 g/mol. The van der Waals surface area contributed by atoms with Crippen LogP contribution in [0.25, 0.3) is 0 Å². The first-order chi connectivity index (χ1) is 8.63. The molecule has 2 rings (SSSR count). The second-order valence-corrected chi connectivity index (χ2v) is 3.81. The Labute approximate surface area is 104 Å². The number of carboxylic acids is 1. The number of ether oxygens (including phenoxy) is 2. The number of nitrogens with zero attached hydrogens (tertiary/aromatic N) is 1. The molecule has 0 radical (unpaired) electrons. The molecule has 6 heteroatoms. The topological polar surface area (TPSA) is 76.1 Å². The maximum absolute atomic E-state index is 11.6. The lowest BCUT2D eigenvalue weighted by Crippen LogP contribution is -2.38. The van der Waals surface area contributed by atoms with Crippen molar-refractivity contribution in [3.63, 3.8) is 0 Å². The lowest BCUT2D eigenvalue weighted by Gasteiger charge is -2.27. The minimum atomic E-state index is -1.05. The third kappa shape index (κ3) is 2.22. The number of cyclic esters (lactones) is 1. The van der Waals surface area contributed by atoms with Crippen molar-refractivity contribution in [1.82, 2.24) is 0 Å². The fourth-order valence-corrected chi connectivity index (χ4v) is 1.80. The van der Waals surface area contributed by atoms with Gasteiger partial charge in [0.1, 0.15) is 5.75 Å². The van der Waals surface area contributed by atoms with Gasteiger partial charge in [-0.25, -0.2) is 9.59 Å². The molecule has 1 amide bonds. The summed E-state index contributed by atoms with van der Waals surface area (Å²) in [4.78, 5) is 24.0. The Morgan fingerprint density at radius 1 is 1.50 bits per heavy atom. The fourth-order valence-electron chi connectivity index (χ4n) is 1.80. The highest BCUT2D eigenvalue weighted by Crippen LogP contribution is 2.31. The van der Waals surface area contributed by atoms with Crippen LogP contribution in [0.1, 0.15) is 16.8 Å². The maximum atomic E-state index is 11.6. The smallest absolute Gasteiger partial charge is 0.414 e. The number of benzene rings is 1. The molecule has 1 fully saturated rings. The average Bonchev–Trinajstić information content (AvgIpc) is 2.38. The van der Waals surface area contributed by atoms with Crippen LogP contribution in [0.15, 0.2) is 18.2 Å². The van der Waals surface area contributed by atoms with Gasteiger partial charge >= 0.3 is 12.1 Å². The summed E-state index contributed by atoms with van der Waals surface area (Å²) in [5.74, 6) is -0.608. The molecule has 1 heterocycles. The number of aromatic carboxylic acids is 1. The van der Waals surface area contributed by atoms with E-state index in [-0.39, 0.29) is 5.56 Å². The van der Waals surface area contributed by atoms with E-state index in [1.54, 1.807) is 0 Å². The van der Waals surface area contributed by atoms with Crippen molar-refractivity contribution >= 4 is 17.7 Å². The lowest BCUT2D eigenvalue weighted by molar-refractivity contribution is 0.0696. The molecule has 1 aromatic carbocycles. The van der Waals surface area contributed by atoms with Crippen LogP contribution in [-0.2, 0) is 4.74 Å². The van der Waals surface area contributed by atoms with Crippen LogP contribution < -0.4 is 9.64 Å². The van der Waals surface area contributed by atoms with Crippen LogP contribution in [0.4, 0.5) is 10.5 Å². The van der Waals surface area contributed by atoms with Crippen molar-refractivity contribution in [2.24, 2.45) is 0 Å². The van der Waals surface area contributed by atoms with Crippen molar-refractivity contribution in [2.75, 3.05) is 25.2 Å². The zero-order valence-corrected chi connectivity index (χ0v) is 9.88. The zero-order chi connectivity index (χ0) is 13.1. The monoisotopic (exact) mass is 251 g/mol. The van der Waals surface area contributed by atoms with Crippen LogP contribution >= 0.6 is 0 Å². The van der Waals surface area contributed by atoms with Crippen LogP contribution in [0.5, 0.6) is 5.75 Å². The van der Waals surface area contributed by atoms with E-state index in [0.29, 0.717) is 31.0 Å². The Hall–Kier alpha value is -2.24. The van der Waals surface area contributed by atoms with E-state index in [2.05, 4.69) is 0 Å². The van der Waals surface area contributed by atoms with Crippen molar-refractivity contribution < 1.29 is 24.2 Å². The van der Waals surface area contributed by atoms with Gasteiger partial charge in [-0.3, -0.25) is 4.90 Å². The number of hydrogen-bond donors (Lipinski definition) is 1. The molecule has 0 aliphatic carbocycles. The van der Waals surface area contributed by atoms with Crippen molar-refractivity contribution in [3.8, 4) is 5.75 Å². The van der Waals surface area contributed by atoms with E-state index in [4.69, 9.17) is 14.6 Å². The molecule has 0 saturated carbocycles. The largest absolute Gasteiger partial charge is 0.495 e. The third-order valence-electron chi connectivity index (χ3n) is 2.69. The lowest BCUT2D eigenvalue weighted by atomic mass is 10.1. The van der Waals surface area contributed by atoms with Gasteiger partial charge in [0.05, 0.1) is 25.0 Å². The Kier molecular flexibility index (Phi) is 3.36. The van der Waals surface area contributed by atoms with Crippen LogP contribution in [0.2, 0.25) is 0 Å². The number of amides is 1. The molecule has 0 atom stereocenters. The highest BCUT2D eigenvalue weighted by atomic mass is 16.6. The van der Waals surface area contributed by atoms with Crippen LogP contribution in [0.3, 0.4) is 0 Å². The Morgan fingerprint density at radius 3 is 2.89 bits per heavy atom. The Bertz CT molecular complexity index is 485. The van der Waals surface area contributed by atoms with Crippen LogP contribution in [-0.4, -0.2) is 37.4 Å². The molecule has 0 bridgehead atoms. The fraction of sp³-hybridized carbons (Fsp3) is 0.333. The predicted octanol–water partition coefficient (Wildman–Crippen LogP) is 1.74. The van der Waals surface area contributed by atoms with E-state index in [1.165, 1.54) is 30.2 Å². The van der Waals surface area contributed by atoms with E-state index < -0.39 is 12.1 Å². The Balaban J connectivity index is 2.42. The first-order valence-electron chi connectivity index (χ1n) is 5.49. The number of rotatable bonds is 3. The number of anilines is 1. The summed E-state index contributed by atoms with van der Waals surface area (Å²) >= 11 is 0. The first-order valence-corrected chi connectivity index (χ1v) is 5.49. The van der Waals surface area contributed by atoms with Crippen molar-refractivity contribution in [1.29, 1.82) is 0 Å². The second kappa shape index (κ2) is 4.95. The first kappa shape index (κ1) is 12.2. The number of carbonyl (C=O) groups excluding carboxylic acids is 1. The molecular weight excluding hydrogens is 238 g/mol. The SMILES string of the molecule is COc1ccc(C(=O)O)cc1N1CCCOC1=O. The van der Waals surface area contributed by atoms with E-state index >= 15 is 0 Å². The minimum Gasteiger partial charge on any atom is -0.495 e. The summed E-state index contributed by atoms with van der Waals surface area (Å²) in [6, 6.07) is 4.37. The van der Waals surface area contributed by atoms with Gasteiger partial charge in [-0.15, -0.1) is 0 Å². The highest BCUT2D eigenvalue weighted by Gasteiger charge is 2.25. The molecule has 0 unspecified atom stereocenters. The molecule has 96 valence electrons. The number of methoxy groups -OCH3 is 1. The summed E-state index contributed by atoms with van der Waals surface area (Å²) in [5.41, 5.74) is 0.520. The second-order valence-electron chi connectivity index (χ2n) is 3.81. The summed E-state index contributed by atoms with van der Waals surface area (Å²) in [6.07, 6.45) is 0.216. The van der Waals surface area contributed by atoms with Gasteiger partial charge in [0, 0.05) is 6.54 Å². The third-order valence-corrected chi connectivity index (χ3v) is 2.69. The molecule has 1 N–H and O–H groups in total. The number of carbonyl (C=O) groups is 2. The molecule has 6 nitrogen and oxygen atoms in total. The quantitative estimate of drug-likeness (QED) is 0.885. The predicted molar refractivity (Wildman–Crippen MR) is 63.3 cm³/mol. The molecule has 18 heavy (non-hydrogen) atoms. The summed E-state index contributed by atoms with van der Waals surface area (Å²) < 4.78 is 10.1. The number of hydrogen-bond acceptors (Lipinski definition) is 4. The molecule has 1 aliphatic heterocycles. The maximum Gasteiger partial charge on any atom is 0.414 e. The van der Waals surface area contributed by atoms with E-state index in [0.717, 1.165) is 0 Å². The van der Waals surface area contributed by atoms with Crippen molar-refractivity contribution in [3.05, 3.63) is 23.8 Å². The van der Waals surface area contributed by atoms with Gasteiger partial charge in [-0.1, -0.05) is 0 Å². The molecule has 0 aromatic heterocycles. The zero-order valence-electron chi connectivity index (χ0n) is 9.88. The van der Waals surface area contributed by atoms with Crippen LogP contribution in [0, 0.1) is 0 Å². The van der Waals surface area contributed by atoms with E-state index in [9.17, 15) is 9.59 Å². The molecule has 1 aromatic rings. The van der Waals surface area contributed by atoms with Gasteiger partial charge in [0.25, 0.3) is 0 Å². The van der Waals surface area contributed by atoms with E-state index in [1.807, 2.05) is 0 Å². The summed E-state index contributed by atoms with van der Waals surface area (Å²) in [7, 11) is 1.47. The molecule has 0 spiro atoms. The molecule has 1 aliphatic rings. The molecular formula is C12H13NO5. The standard InChI is InChI=1S/C12H13NO5/c1-17-10-4-3-8(11(14)15)7-9(10)13-5-2-6-18-12(13)16/h3-4,7H,2,5-6H2,1H3,(H,14,15). The van der Waals surface area contributed by atoms with Gasteiger partial charge in [0.2, 0.25) is 0 Å². The van der Waals surface area contributed by atoms with Crippen molar-refractivity contribution in [2.45, 2.75) is 6.42 Å². The van der Waals surface area contributed by atoms with Gasteiger partial charge in [-0.2, -0.15) is 0 Å². The molecule has 1 saturated heterocycles. The summed E-state index contributed by atoms with van der Waals surface area (Å²) in [6.45, 7) is 0.870. The Morgan fingerprint density at radius 2 is 2.28 bits per heavy atom. The minimum absolute atomic E-state index is 0.101. The van der Waals surface area contributed by atoms with Gasteiger partial charge in [-0.05, 0) is 24.6 Å². The van der Waals surface area contributed by atoms with Gasteiger partial charge in [0.15, 0.2) is 0 Å². The number of carboxylic acid groups (broad SMARTS) is 1.